The van der Waals surface area contributed by atoms with Crippen LogP contribution in [-0.4, -0.2) is 17.4 Å². The van der Waals surface area contributed by atoms with E-state index < -0.39 is 0 Å². The molecule has 94 valence electrons. The first-order valence-corrected chi connectivity index (χ1v) is 6.00. The van der Waals surface area contributed by atoms with E-state index in [1.54, 1.807) is 18.4 Å². The van der Waals surface area contributed by atoms with E-state index in [1.807, 2.05) is 12.1 Å². The second-order valence-electron chi connectivity index (χ2n) is 3.89. The molecule has 18 heavy (non-hydrogen) atoms. The highest BCUT2D eigenvalue weighted by Gasteiger charge is 2.04. The number of rotatable bonds is 5. The molecule has 0 fully saturated rings. The van der Waals surface area contributed by atoms with Gasteiger partial charge in [0.1, 0.15) is 6.26 Å². The van der Waals surface area contributed by atoms with Crippen molar-refractivity contribution in [1.82, 2.24) is 10.3 Å². The standard InChI is InChI=1S/C13H13ClN2O2/c14-11-3-1-2-10(6-11)7-13(17)15-5-4-12-8-18-9-16-12/h1-3,6,8-9H,4-5,7H2,(H,15,17). The fraction of sp³-hybridized carbons (Fsp3) is 0.231. The molecule has 0 radical (unpaired) electrons. The maximum atomic E-state index is 11.7. The van der Waals surface area contributed by atoms with Crippen molar-refractivity contribution >= 4 is 17.5 Å². The molecule has 0 aliphatic rings. The van der Waals surface area contributed by atoms with Crippen LogP contribution in [0.4, 0.5) is 0 Å². The summed E-state index contributed by atoms with van der Waals surface area (Å²) in [5.74, 6) is -0.0271. The lowest BCUT2D eigenvalue weighted by Crippen LogP contribution is -2.27. The summed E-state index contributed by atoms with van der Waals surface area (Å²) in [6.45, 7) is 0.548. The number of hydrogen-bond donors (Lipinski definition) is 1. The Morgan fingerprint density at radius 2 is 2.33 bits per heavy atom. The monoisotopic (exact) mass is 264 g/mol. The lowest BCUT2D eigenvalue weighted by atomic mass is 10.1. The summed E-state index contributed by atoms with van der Waals surface area (Å²) in [5, 5.41) is 3.47. The number of hydrogen-bond acceptors (Lipinski definition) is 3. The fourth-order valence-electron chi connectivity index (χ4n) is 1.59. The van der Waals surface area contributed by atoms with Crippen LogP contribution in [0.2, 0.25) is 5.02 Å². The highest BCUT2D eigenvalue weighted by atomic mass is 35.5. The van der Waals surface area contributed by atoms with Gasteiger partial charge in [-0.1, -0.05) is 23.7 Å². The van der Waals surface area contributed by atoms with Crippen molar-refractivity contribution < 1.29 is 9.21 Å². The number of halogens is 1. The molecule has 0 bridgehead atoms. The summed E-state index contributed by atoms with van der Waals surface area (Å²) in [6.07, 6.45) is 3.95. The second kappa shape index (κ2) is 6.21. The first kappa shape index (κ1) is 12.6. The summed E-state index contributed by atoms with van der Waals surface area (Å²) >= 11 is 5.85. The molecular weight excluding hydrogens is 252 g/mol. The SMILES string of the molecule is O=C(Cc1cccc(Cl)c1)NCCc1cocn1. The summed E-state index contributed by atoms with van der Waals surface area (Å²) in [5.41, 5.74) is 1.74. The highest BCUT2D eigenvalue weighted by Crippen LogP contribution is 2.10. The molecule has 1 heterocycles. The Morgan fingerprint density at radius 3 is 3.06 bits per heavy atom. The van der Waals surface area contributed by atoms with Crippen LogP contribution in [0, 0.1) is 0 Å². The zero-order valence-electron chi connectivity index (χ0n) is 9.73. The maximum absolute atomic E-state index is 11.7. The zero-order chi connectivity index (χ0) is 12.8. The van der Waals surface area contributed by atoms with Crippen molar-refractivity contribution in [3.8, 4) is 0 Å². The molecule has 2 rings (SSSR count). The Balaban J connectivity index is 1.75. The van der Waals surface area contributed by atoms with Gasteiger partial charge in [0.05, 0.1) is 12.1 Å². The van der Waals surface area contributed by atoms with E-state index in [0.717, 1.165) is 11.3 Å². The van der Waals surface area contributed by atoms with Gasteiger partial charge in [0.15, 0.2) is 6.39 Å². The van der Waals surface area contributed by atoms with Gasteiger partial charge in [0.2, 0.25) is 5.91 Å². The van der Waals surface area contributed by atoms with Gasteiger partial charge in [0.25, 0.3) is 0 Å². The van der Waals surface area contributed by atoms with E-state index in [1.165, 1.54) is 6.39 Å². The minimum atomic E-state index is -0.0271. The number of benzene rings is 1. The van der Waals surface area contributed by atoms with E-state index in [9.17, 15) is 4.79 Å². The van der Waals surface area contributed by atoms with Gasteiger partial charge in [0, 0.05) is 18.0 Å². The summed E-state index contributed by atoms with van der Waals surface area (Å²) in [7, 11) is 0. The van der Waals surface area contributed by atoms with Crippen molar-refractivity contribution in [3.05, 3.63) is 53.2 Å². The molecule has 0 atom stereocenters. The lowest BCUT2D eigenvalue weighted by Gasteiger charge is -2.04. The van der Waals surface area contributed by atoms with Crippen LogP contribution < -0.4 is 5.32 Å². The van der Waals surface area contributed by atoms with Crippen LogP contribution in [0.1, 0.15) is 11.3 Å². The predicted molar refractivity (Wildman–Crippen MR) is 68.4 cm³/mol. The van der Waals surface area contributed by atoms with E-state index in [0.29, 0.717) is 24.4 Å². The van der Waals surface area contributed by atoms with Gasteiger partial charge >= 0.3 is 0 Å². The van der Waals surface area contributed by atoms with Crippen LogP contribution in [-0.2, 0) is 17.6 Å². The molecule has 0 unspecified atom stereocenters. The molecule has 4 nitrogen and oxygen atoms in total. The van der Waals surface area contributed by atoms with Crippen LogP contribution >= 0.6 is 11.6 Å². The smallest absolute Gasteiger partial charge is 0.224 e. The number of nitrogens with zero attached hydrogens (tertiary/aromatic N) is 1. The van der Waals surface area contributed by atoms with Crippen LogP contribution in [0.25, 0.3) is 0 Å². The summed E-state index contributed by atoms with van der Waals surface area (Å²) in [6, 6.07) is 7.29. The topological polar surface area (TPSA) is 55.1 Å². The molecule has 0 saturated carbocycles. The quantitative estimate of drug-likeness (QED) is 0.901. The molecule has 0 aliphatic carbocycles. The largest absolute Gasteiger partial charge is 0.451 e. The predicted octanol–water partition coefficient (Wildman–Crippen LogP) is 2.23. The summed E-state index contributed by atoms with van der Waals surface area (Å²) < 4.78 is 4.84. The molecule has 0 saturated heterocycles. The zero-order valence-corrected chi connectivity index (χ0v) is 10.5. The minimum absolute atomic E-state index is 0.0271. The molecule has 1 N–H and O–H groups in total. The molecule has 1 amide bonds. The van der Waals surface area contributed by atoms with Crippen molar-refractivity contribution in [2.45, 2.75) is 12.8 Å². The Labute approximate surface area is 110 Å². The number of oxazole rings is 1. The molecule has 0 aliphatic heterocycles. The Bertz CT molecular complexity index is 511. The van der Waals surface area contributed by atoms with E-state index in [-0.39, 0.29) is 5.91 Å². The first-order valence-electron chi connectivity index (χ1n) is 5.62. The second-order valence-corrected chi connectivity index (χ2v) is 4.32. The Hall–Kier alpha value is -1.81. The van der Waals surface area contributed by atoms with Crippen molar-refractivity contribution in [2.75, 3.05) is 6.54 Å². The van der Waals surface area contributed by atoms with E-state index >= 15 is 0 Å². The number of aromatic nitrogens is 1. The number of carbonyl (C=O) groups is 1. The normalized spacial score (nSPS) is 10.3. The first-order chi connectivity index (χ1) is 8.74. The molecule has 2 aromatic rings. The average Bonchev–Trinajstić information content (AvgIpc) is 2.82. The minimum Gasteiger partial charge on any atom is -0.451 e. The number of carbonyl (C=O) groups excluding carboxylic acids is 1. The van der Waals surface area contributed by atoms with Crippen LogP contribution in [0.15, 0.2) is 41.3 Å². The van der Waals surface area contributed by atoms with Gasteiger partial charge < -0.3 is 9.73 Å². The third-order valence-electron chi connectivity index (χ3n) is 2.44. The third-order valence-corrected chi connectivity index (χ3v) is 2.68. The summed E-state index contributed by atoms with van der Waals surface area (Å²) in [4.78, 5) is 15.6. The third kappa shape index (κ3) is 3.89. The fourth-order valence-corrected chi connectivity index (χ4v) is 1.80. The van der Waals surface area contributed by atoms with E-state index in [2.05, 4.69) is 10.3 Å². The van der Waals surface area contributed by atoms with Gasteiger partial charge in [-0.15, -0.1) is 0 Å². The number of nitrogens with one attached hydrogen (secondary N) is 1. The van der Waals surface area contributed by atoms with Crippen LogP contribution in [0.5, 0.6) is 0 Å². The highest BCUT2D eigenvalue weighted by molar-refractivity contribution is 6.30. The van der Waals surface area contributed by atoms with Crippen LogP contribution in [0.3, 0.4) is 0 Å². The van der Waals surface area contributed by atoms with Crippen molar-refractivity contribution in [3.63, 3.8) is 0 Å². The van der Waals surface area contributed by atoms with Crippen molar-refractivity contribution in [1.29, 1.82) is 0 Å². The molecule has 5 heteroatoms. The number of amides is 1. The molecule has 1 aromatic carbocycles. The maximum Gasteiger partial charge on any atom is 0.224 e. The molecule has 1 aromatic heterocycles. The van der Waals surface area contributed by atoms with E-state index in [4.69, 9.17) is 16.0 Å². The Morgan fingerprint density at radius 1 is 1.44 bits per heavy atom. The molecule has 0 spiro atoms. The Kier molecular flexibility index (Phi) is 4.36. The van der Waals surface area contributed by atoms with Gasteiger partial charge in [-0.3, -0.25) is 4.79 Å². The van der Waals surface area contributed by atoms with Gasteiger partial charge in [-0.2, -0.15) is 0 Å². The average molecular weight is 265 g/mol. The lowest BCUT2D eigenvalue weighted by molar-refractivity contribution is -0.120. The van der Waals surface area contributed by atoms with Gasteiger partial charge in [-0.25, -0.2) is 4.98 Å². The van der Waals surface area contributed by atoms with Gasteiger partial charge in [-0.05, 0) is 17.7 Å². The molecular formula is C13H13ClN2O2. The van der Waals surface area contributed by atoms with Crippen molar-refractivity contribution in [2.24, 2.45) is 0 Å².